The zero-order valence-corrected chi connectivity index (χ0v) is 10.5. The Labute approximate surface area is 95.3 Å². The fourth-order valence-corrected chi connectivity index (χ4v) is 2.93. The molecule has 1 saturated carbocycles. The molecular weight excluding hydrogens is 206 g/mol. The topological polar surface area (TPSA) is 37.8 Å². The van der Waals surface area contributed by atoms with E-state index in [1.807, 2.05) is 0 Å². The van der Waals surface area contributed by atoms with Crippen molar-refractivity contribution in [3.63, 3.8) is 0 Å². The number of aryl methyl sites for hydroxylation is 1. The van der Waals surface area contributed by atoms with Crippen LogP contribution in [0.4, 0.5) is 5.13 Å². The summed E-state index contributed by atoms with van der Waals surface area (Å²) < 4.78 is 0. The first-order valence-corrected chi connectivity index (χ1v) is 6.52. The van der Waals surface area contributed by atoms with Gasteiger partial charge >= 0.3 is 0 Å². The van der Waals surface area contributed by atoms with Crippen LogP contribution in [0.15, 0.2) is 0 Å². The fraction of sp³-hybridized carbons (Fsp3) is 0.818. The molecule has 0 aromatic carbocycles. The van der Waals surface area contributed by atoms with Crippen molar-refractivity contribution in [3.05, 3.63) is 5.01 Å². The Morgan fingerprint density at radius 1 is 1.47 bits per heavy atom. The molecule has 0 saturated heterocycles. The molecule has 1 N–H and O–H groups in total. The third-order valence-electron chi connectivity index (χ3n) is 3.32. The molecule has 0 aliphatic heterocycles. The molecule has 0 amide bonds. The van der Waals surface area contributed by atoms with E-state index in [2.05, 4.69) is 36.3 Å². The zero-order valence-electron chi connectivity index (χ0n) is 9.71. The monoisotopic (exact) mass is 225 g/mol. The molecule has 1 aromatic heterocycles. The van der Waals surface area contributed by atoms with Gasteiger partial charge in [-0.3, -0.25) is 0 Å². The molecule has 84 valence electrons. The van der Waals surface area contributed by atoms with Crippen molar-refractivity contribution >= 4 is 16.5 Å². The Hall–Kier alpha value is -0.640. The van der Waals surface area contributed by atoms with Crippen LogP contribution in [0.5, 0.6) is 0 Å². The van der Waals surface area contributed by atoms with Crippen LogP contribution in [0.25, 0.3) is 0 Å². The summed E-state index contributed by atoms with van der Waals surface area (Å²) in [7, 11) is 0. The van der Waals surface area contributed by atoms with E-state index < -0.39 is 0 Å². The highest BCUT2D eigenvalue weighted by Gasteiger charge is 2.34. The first-order chi connectivity index (χ1) is 7.12. The Bertz CT molecular complexity index is 332. The second kappa shape index (κ2) is 4.08. The molecule has 1 aromatic rings. The summed E-state index contributed by atoms with van der Waals surface area (Å²) in [6.07, 6.45) is 4.87. The molecule has 0 spiro atoms. The van der Waals surface area contributed by atoms with Gasteiger partial charge in [-0.25, -0.2) is 0 Å². The number of rotatable bonds is 3. The van der Waals surface area contributed by atoms with Gasteiger partial charge in [0.15, 0.2) is 0 Å². The standard InChI is InChI=1S/C11H19N3S/c1-4-9-13-14-10(15-9)12-8-6-5-7-11(8,2)3/h8H,4-7H2,1-3H3,(H,12,14). The molecule has 0 radical (unpaired) electrons. The van der Waals surface area contributed by atoms with E-state index in [4.69, 9.17) is 0 Å². The lowest BCUT2D eigenvalue weighted by Gasteiger charge is -2.27. The maximum atomic E-state index is 4.17. The Morgan fingerprint density at radius 3 is 2.80 bits per heavy atom. The van der Waals surface area contributed by atoms with Crippen LogP contribution in [-0.4, -0.2) is 16.2 Å². The van der Waals surface area contributed by atoms with E-state index in [-0.39, 0.29) is 0 Å². The smallest absolute Gasteiger partial charge is 0.205 e. The minimum atomic E-state index is 0.401. The van der Waals surface area contributed by atoms with Crippen LogP contribution in [0, 0.1) is 5.41 Å². The van der Waals surface area contributed by atoms with Crippen LogP contribution in [-0.2, 0) is 6.42 Å². The van der Waals surface area contributed by atoms with E-state index >= 15 is 0 Å². The lowest BCUT2D eigenvalue weighted by molar-refractivity contribution is 0.350. The first kappa shape index (κ1) is 10.9. The van der Waals surface area contributed by atoms with Gasteiger partial charge in [0.1, 0.15) is 5.01 Å². The minimum Gasteiger partial charge on any atom is -0.357 e. The van der Waals surface area contributed by atoms with Crippen LogP contribution >= 0.6 is 11.3 Å². The molecule has 15 heavy (non-hydrogen) atoms. The molecule has 2 rings (SSSR count). The number of nitrogens with one attached hydrogen (secondary N) is 1. The van der Waals surface area contributed by atoms with Gasteiger partial charge in [0, 0.05) is 6.04 Å². The second-order valence-corrected chi connectivity index (χ2v) is 5.99. The van der Waals surface area contributed by atoms with E-state index in [9.17, 15) is 0 Å². The van der Waals surface area contributed by atoms with Gasteiger partial charge in [0.2, 0.25) is 5.13 Å². The molecule has 1 aliphatic carbocycles. The quantitative estimate of drug-likeness (QED) is 0.859. The van der Waals surface area contributed by atoms with Crippen molar-refractivity contribution in [2.75, 3.05) is 5.32 Å². The van der Waals surface area contributed by atoms with Gasteiger partial charge in [0.25, 0.3) is 0 Å². The molecule has 0 bridgehead atoms. The predicted molar refractivity (Wildman–Crippen MR) is 64.3 cm³/mol. The van der Waals surface area contributed by atoms with Crippen molar-refractivity contribution in [3.8, 4) is 0 Å². The van der Waals surface area contributed by atoms with E-state index in [0.29, 0.717) is 11.5 Å². The van der Waals surface area contributed by atoms with Gasteiger partial charge in [-0.15, -0.1) is 10.2 Å². The maximum Gasteiger partial charge on any atom is 0.205 e. The van der Waals surface area contributed by atoms with Gasteiger partial charge in [-0.2, -0.15) is 0 Å². The Balaban J connectivity index is 2.02. The van der Waals surface area contributed by atoms with E-state index in [1.54, 1.807) is 11.3 Å². The number of aromatic nitrogens is 2. The highest BCUT2D eigenvalue weighted by atomic mass is 32.1. The second-order valence-electron chi connectivity index (χ2n) is 4.93. The average Bonchev–Trinajstić information content (AvgIpc) is 2.75. The first-order valence-electron chi connectivity index (χ1n) is 5.71. The van der Waals surface area contributed by atoms with E-state index in [0.717, 1.165) is 16.6 Å². The molecule has 1 heterocycles. The highest BCUT2D eigenvalue weighted by molar-refractivity contribution is 7.15. The zero-order chi connectivity index (χ0) is 10.9. The van der Waals surface area contributed by atoms with Gasteiger partial charge in [0.05, 0.1) is 0 Å². The summed E-state index contributed by atoms with van der Waals surface area (Å²) in [5.74, 6) is 0. The van der Waals surface area contributed by atoms with Gasteiger partial charge < -0.3 is 5.32 Å². The summed E-state index contributed by atoms with van der Waals surface area (Å²) in [6.45, 7) is 6.78. The Kier molecular flexibility index (Phi) is 2.96. The van der Waals surface area contributed by atoms with Crippen molar-refractivity contribution in [1.82, 2.24) is 10.2 Å². The molecule has 1 aliphatic rings. The molecule has 1 unspecified atom stereocenters. The summed E-state index contributed by atoms with van der Waals surface area (Å²) in [5, 5.41) is 13.9. The van der Waals surface area contributed by atoms with Gasteiger partial charge in [-0.1, -0.05) is 38.5 Å². The molecule has 3 nitrogen and oxygen atoms in total. The molecule has 1 atom stereocenters. The van der Waals surface area contributed by atoms with Crippen LogP contribution in [0.2, 0.25) is 0 Å². The van der Waals surface area contributed by atoms with Crippen LogP contribution < -0.4 is 5.32 Å². The maximum absolute atomic E-state index is 4.17. The number of hydrogen-bond donors (Lipinski definition) is 1. The minimum absolute atomic E-state index is 0.401. The SMILES string of the molecule is CCc1nnc(NC2CCCC2(C)C)s1. The summed E-state index contributed by atoms with van der Waals surface area (Å²) >= 11 is 1.69. The number of hydrogen-bond acceptors (Lipinski definition) is 4. The third kappa shape index (κ3) is 2.30. The summed E-state index contributed by atoms with van der Waals surface area (Å²) in [4.78, 5) is 0. The molecule has 4 heteroatoms. The lowest BCUT2D eigenvalue weighted by Crippen LogP contribution is -2.30. The Morgan fingerprint density at radius 2 is 2.27 bits per heavy atom. The number of anilines is 1. The van der Waals surface area contributed by atoms with Crippen molar-refractivity contribution < 1.29 is 0 Å². The largest absolute Gasteiger partial charge is 0.357 e. The third-order valence-corrected chi connectivity index (χ3v) is 4.32. The van der Waals surface area contributed by atoms with E-state index in [1.165, 1.54) is 19.3 Å². The predicted octanol–water partition coefficient (Wildman–Crippen LogP) is 3.09. The van der Waals surface area contributed by atoms with Crippen molar-refractivity contribution in [1.29, 1.82) is 0 Å². The normalized spacial score (nSPS) is 24.3. The van der Waals surface area contributed by atoms with Gasteiger partial charge in [-0.05, 0) is 24.7 Å². The average molecular weight is 225 g/mol. The molecular formula is C11H19N3S. The lowest BCUT2D eigenvalue weighted by atomic mass is 9.87. The van der Waals surface area contributed by atoms with Crippen molar-refractivity contribution in [2.45, 2.75) is 52.5 Å². The fourth-order valence-electron chi connectivity index (χ4n) is 2.20. The van der Waals surface area contributed by atoms with Crippen LogP contribution in [0.1, 0.15) is 45.0 Å². The summed E-state index contributed by atoms with van der Waals surface area (Å²) in [5.41, 5.74) is 0.401. The van der Waals surface area contributed by atoms with Crippen molar-refractivity contribution in [2.24, 2.45) is 5.41 Å². The highest BCUT2D eigenvalue weighted by Crippen LogP contribution is 2.39. The summed E-state index contributed by atoms with van der Waals surface area (Å²) in [6, 6.07) is 0.565. The molecule has 1 fully saturated rings. The van der Waals surface area contributed by atoms with Crippen LogP contribution in [0.3, 0.4) is 0 Å². The number of nitrogens with zero attached hydrogens (tertiary/aromatic N) is 2.